The van der Waals surface area contributed by atoms with Crippen LogP contribution in [0, 0.1) is 12.8 Å². The summed E-state index contributed by atoms with van der Waals surface area (Å²) in [5.41, 5.74) is 0.624. The first-order chi connectivity index (χ1) is 8.84. The lowest BCUT2D eigenvalue weighted by molar-refractivity contribution is -0.139. The Kier molecular flexibility index (Phi) is 2.94. The van der Waals surface area contributed by atoms with E-state index in [0.717, 1.165) is 6.92 Å². The predicted octanol–water partition coefficient (Wildman–Crippen LogP) is 0.348. The number of hydrogen-bond acceptors (Lipinski definition) is 5. The number of aromatic hydroxyl groups is 1. The van der Waals surface area contributed by atoms with Crippen molar-refractivity contribution < 1.29 is 24.3 Å². The minimum absolute atomic E-state index is 0.0768. The molecule has 1 atom stereocenters. The second-order valence-electron chi connectivity index (χ2n) is 4.38. The summed E-state index contributed by atoms with van der Waals surface area (Å²) in [6.07, 6.45) is 0. The number of benzene rings is 1. The number of ketones is 2. The number of Topliss-reactive ketones (excluding diaryl/α,β-unsaturated/α-hetero) is 2. The van der Waals surface area contributed by atoms with Crippen molar-refractivity contribution in [3.63, 3.8) is 0 Å². The van der Waals surface area contributed by atoms with Crippen molar-refractivity contribution in [3.05, 3.63) is 23.8 Å². The van der Waals surface area contributed by atoms with Crippen LogP contribution in [0.1, 0.15) is 12.5 Å². The SMILES string of the molecule is CC(=O)[C@H]1C(=O)C(=O)N(c2cc(C)ccc2O)C1=O. The molecule has 0 bridgehead atoms. The molecule has 98 valence electrons. The zero-order chi connectivity index (χ0) is 14.3. The molecule has 1 heterocycles. The molecule has 6 nitrogen and oxygen atoms in total. The molecular weight excluding hydrogens is 250 g/mol. The van der Waals surface area contributed by atoms with Gasteiger partial charge in [-0.25, -0.2) is 4.90 Å². The van der Waals surface area contributed by atoms with Crippen molar-refractivity contribution >= 4 is 29.1 Å². The number of phenols is 1. The largest absolute Gasteiger partial charge is 0.506 e. The van der Waals surface area contributed by atoms with E-state index in [1.807, 2.05) is 0 Å². The lowest BCUT2D eigenvalue weighted by atomic mass is 10.0. The Hall–Kier alpha value is -2.50. The molecule has 1 aliphatic rings. The number of amides is 2. The molecule has 6 heteroatoms. The number of carbonyl (C=O) groups is 4. The molecule has 1 aromatic carbocycles. The van der Waals surface area contributed by atoms with Gasteiger partial charge in [0, 0.05) is 0 Å². The van der Waals surface area contributed by atoms with E-state index in [0.29, 0.717) is 10.5 Å². The smallest absolute Gasteiger partial charge is 0.302 e. The van der Waals surface area contributed by atoms with Gasteiger partial charge >= 0.3 is 5.91 Å². The molecular formula is C13H11NO5. The standard InChI is InChI=1S/C13H11NO5/c1-6-3-4-9(16)8(5-6)14-12(18)10(7(2)15)11(17)13(14)19/h3-5,10,16H,1-2H3/t10-/m0/s1. The number of phenolic OH excluding ortho intramolecular Hbond substituents is 1. The summed E-state index contributed by atoms with van der Waals surface area (Å²) in [5.74, 6) is -5.64. The Morgan fingerprint density at radius 2 is 1.89 bits per heavy atom. The first-order valence-electron chi connectivity index (χ1n) is 5.56. The fourth-order valence-corrected chi connectivity index (χ4v) is 1.97. The van der Waals surface area contributed by atoms with E-state index < -0.39 is 29.3 Å². The van der Waals surface area contributed by atoms with Crippen molar-refractivity contribution in [1.29, 1.82) is 0 Å². The molecule has 1 aromatic rings. The average Bonchev–Trinajstić information content (AvgIpc) is 2.54. The van der Waals surface area contributed by atoms with E-state index in [4.69, 9.17) is 0 Å². The highest BCUT2D eigenvalue weighted by molar-refractivity contribution is 6.59. The highest BCUT2D eigenvalue weighted by Crippen LogP contribution is 2.32. The Morgan fingerprint density at radius 3 is 2.42 bits per heavy atom. The van der Waals surface area contributed by atoms with Crippen LogP contribution in [-0.2, 0) is 19.2 Å². The van der Waals surface area contributed by atoms with Crippen LogP contribution >= 0.6 is 0 Å². The summed E-state index contributed by atoms with van der Waals surface area (Å²) < 4.78 is 0. The van der Waals surface area contributed by atoms with Gasteiger partial charge in [-0.05, 0) is 31.5 Å². The highest BCUT2D eigenvalue weighted by Gasteiger charge is 2.50. The van der Waals surface area contributed by atoms with E-state index in [1.165, 1.54) is 12.1 Å². The van der Waals surface area contributed by atoms with Gasteiger partial charge in [-0.15, -0.1) is 0 Å². The van der Waals surface area contributed by atoms with Gasteiger partial charge in [-0.3, -0.25) is 19.2 Å². The van der Waals surface area contributed by atoms with Gasteiger partial charge in [-0.2, -0.15) is 0 Å². The van der Waals surface area contributed by atoms with E-state index in [2.05, 4.69) is 0 Å². The fourth-order valence-electron chi connectivity index (χ4n) is 1.97. The normalized spacial score (nSPS) is 19.2. The van der Waals surface area contributed by atoms with Crippen molar-refractivity contribution in [2.24, 2.45) is 5.92 Å². The third-order valence-corrected chi connectivity index (χ3v) is 2.92. The number of nitrogens with zero attached hydrogens (tertiary/aromatic N) is 1. The molecule has 2 amide bonds. The number of carbonyl (C=O) groups excluding carboxylic acids is 4. The van der Waals surface area contributed by atoms with Gasteiger partial charge in [0.05, 0.1) is 5.69 Å². The number of aryl methyl sites for hydroxylation is 1. The van der Waals surface area contributed by atoms with Crippen LogP contribution in [0.25, 0.3) is 0 Å². The van der Waals surface area contributed by atoms with Gasteiger partial charge in [-0.1, -0.05) is 6.07 Å². The molecule has 0 aromatic heterocycles. The molecule has 1 saturated heterocycles. The van der Waals surface area contributed by atoms with Crippen LogP contribution in [0.5, 0.6) is 5.75 Å². The van der Waals surface area contributed by atoms with Gasteiger partial charge in [0.2, 0.25) is 5.78 Å². The minimum atomic E-state index is -1.59. The topological polar surface area (TPSA) is 91.8 Å². The van der Waals surface area contributed by atoms with Gasteiger partial charge < -0.3 is 5.11 Å². The summed E-state index contributed by atoms with van der Waals surface area (Å²) in [4.78, 5) is 47.2. The highest BCUT2D eigenvalue weighted by atomic mass is 16.3. The molecule has 1 fully saturated rings. The molecule has 2 rings (SSSR count). The van der Waals surface area contributed by atoms with Crippen LogP contribution in [0.3, 0.4) is 0 Å². The lowest BCUT2D eigenvalue weighted by Gasteiger charge is -2.15. The quantitative estimate of drug-likeness (QED) is 0.471. The molecule has 1 aliphatic heterocycles. The van der Waals surface area contributed by atoms with Crippen LogP contribution < -0.4 is 4.90 Å². The third-order valence-electron chi connectivity index (χ3n) is 2.92. The number of imide groups is 1. The monoisotopic (exact) mass is 261 g/mol. The van der Waals surface area contributed by atoms with E-state index in [1.54, 1.807) is 13.0 Å². The second kappa shape index (κ2) is 4.31. The Bertz CT molecular complexity index is 619. The van der Waals surface area contributed by atoms with E-state index in [9.17, 15) is 24.3 Å². The number of rotatable bonds is 2. The summed E-state index contributed by atoms with van der Waals surface area (Å²) >= 11 is 0. The maximum Gasteiger partial charge on any atom is 0.302 e. The Morgan fingerprint density at radius 1 is 1.26 bits per heavy atom. The lowest BCUT2D eigenvalue weighted by Crippen LogP contribution is -2.32. The molecule has 0 saturated carbocycles. The minimum Gasteiger partial charge on any atom is -0.506 e. The van der Waals surface area contributed by atoms with Crippen molar-refractivity contribution in [2.75, 3.05) is 4.90 Å². The Balaban J connectivity index is 2.54. The van der Waals surface area contributed by atoms with Crippen molar-refractivity contribution in [1.82, 2.24) is 0 Å². The summed E-state index contributed by atoms with van der Waals surface area (Å²) in [7, 11) is 0. The Labute approximate surface area is 108 Å². The fraction of sp³-hybridized carbons (Fsp3) is 0.231. The van der Waals surface area contributed by atoms with Crippen molar-refractivity contribution in [3.8, 4) is 5.75 Å². The van der Waals surface area contributed by atoms with E-state index in [-0.39, 0.29) is 11.4 Å². The van der Waals surface area contributed by atoms with Crippen LogP contribution in [0.4, 0.5) is 5.69 Å². The predicted molar refractivity (Wildman–Crippen MR) is 64.5 cm³/mol. The molecule has 0 spiro atoms. The summed E-state index contributed by atoms with van der Waals surface area (Å²) in [5, 5.41) is 9.70. The van der Waals surface area contributed by atoms with Gasteiger partial charge in [0.25, 0.3) is 5.91 Å². The van der Waals surface area contributed by atoms with Gasteiger partial charge in [0.15, 0.2) is 5.92 Å². The zero-order valence-corrected chi connectivity index (χ0v) is 10.3. The molecule has 1 N–H and O–H groups in total. The second-order valence-corrected chi connectivity index (χ2v) is 4.38. The van der Waals surface area contributed by atoms with Gasteiger partial charge in [0.1, 0.15) is 11.5 Å². The van der Waals surface area contributed by atoms with Crippen molar-refractivity contribution in [2.45, 2.75) is 13.8 Å². The van der Waals surface area contributed by atoms with Crippen LogP contribution in [0.15, 0.2) is 18.2 Å². The number of hydrogen-bond donors (Lipinski definition) is 1. The summed E-state index contributed by atoms with van der Waals surface area (Å²) in [6, 6.07) is 4.31. The average molecular weight is 261 g/mol. The third kappa shape index (κ3) is 1.91. The molecule has 0 radical (unpaired) electrons. The van der Waals surface area contributed by atoms with E-state index >= 15 is 0 Å². The molecule has 19 heavy (non-hydrogen) atoms. The molecule has 0 aliphatic carbocycles. The zero-order valence-electron chi connectivity index (χ0n) is 10.3. The first-order valence-corrected chi connectivity index (χ1v) is 5.56. The first kappa shape index (κ1) is 12.9. The molecule has 0 unspecified atom stereocenters. The summed E-state index contributed by atoms with van der Waals surface area (Å²) in [6.45, 7) is 2.78. The van der Waals surface area contributed by atoms with Crippen LogP contribution in [-0.4, -0.2) is 28.5 Å². The maximum absolute atomic E-state index is 12.0. The number of anilines is 1. The maximum atomic E-state index is 12.0. The van der Waals surface area contributed by atoms with Crippen LogP contribution in [0.2, 0.25) is 0 Å².